The Balaban J connectivity index is 1.29. The standard InChI is InChI=1S/C24H27N5O2S/c1-15-6-3-4-8-19(15)29-20-9-5-7-18(20)21(27-29)23(31)28-12-10-17(11-13-28)22(30)26-24-25-16(2)14-32-24/h3-4,6,8,14,17H,5,7,9-13H2,1-2H3,(H,25,26,30). The number of aryl methyl sites for hydroxylation is 2. The molecule has 1 N–H and O–H groups in total. The van der Waals surface area contributed by atoms with E-state index in [1.807, 2.05) is 34.0 Å². The van der Waals surface area contributed by atoms with Crippen LogP contribution in [0, 0.1) is 19.8 Å². The highest BCUT2D eigenvalue weighted by molar-refractivity contribution is 7.13. The Kier molecular flexibility index (Phi) is 5.55. The van der Waals surface area contributed by atoms with Crippen LogP contribution < -0.4 is 5.32 Å². The lowest BCUT2D eigenvalue weighted by molar-refractivity contribution is -0.121. The van der Waals surface area contributed by atoms with Crippen LogP contribution in [-0.4, -0.2) is 44.6 Å². The maximum absolute atomic E-state index is 13.4. The summed E-state index contributed by atoms with van der Waals surface area (Å²) in [4.78, 5) is 32.2. The Morgan fingerprint density at radius 2 is 1.91 bits per heavy atom. The average molecular weight is 450 g/mol. The van der Waals surface area contributed by atoms with Gasteiger partial charge in [-0.3, -0.25) is 9.59 Å². The van der Waals surface area contributed by atoms with Crippen LogP contribution in [0.15, 0.2) is 29.6 Å². The molecule has 0 bridgehead atoms. The molecule has 32 heavy (non-hydrogen) atoms. The molecule has 3 heterocycles. The molecule has 2 aromatic heterocycles. The summed E-state index contributed by atoms with van der Waals surface area (Å²) in [5.41, 5.74) is 5.93. The SMILES string of the molecule is Cc1csc(NC(=O)C2CCN(C(=O)c3nn(-c4ccccc4C)c4c3CCC4)CC2)n1. The van der Waals surface area contributed by atoms with Gasteiger partial charge in [0.05, 0.1) is 11.4 Å². The van der Waals surface area contributed by atoms with Crippen molar-refractivity contribution in [1.82, 2.24) is 19.7 Å². The van der Waals surface area contributed by atoms with E-state index in [1.165, 1.54) is 11.3 Å². The van der Waals surface area contributed by atoms with Crippen molar-refractivity contribution in [2.75, 3.05) is 18.4 Å². The van der Waals surface area contributed by atoms with E-state index >= 15 is 0 Å². The van der Waals surface area contributed by atoms with Crippen LogP contribution >= 0.6 is 11.3 Å². The van der Waals surface area contributed by atoms with Crippen molar-refractivity contribution in [1.29, 1.82) is 0 Å². The number of hydrogen-bond acceptors (Lipinski definition) is 5. The van der Waals surface area contributed by atoms with Gasteiger partial charge in [0.15, 0.2) is 10.8 Å². The summed E-state index contributed by atoms with van der Waals surface area (Å²) in [6.07, 6.45) is 4.21. The van der Waals surface area contributed by atoms with Crippen LogP contribution in [0.5, 0.6) is 0 Å². The molecule has 0 unspecified atom stereocenters. The molecule has 0 saturated carbocycles. The number of thiazole rings is 1. The van der Waals surface area contributed by atoms with E-state index in [0.717, 1.165) is 47.5 Å². The number of benzene rings is 1. The number of likely N-dealkylation sites (tertiary alicyclic amines) is 1. The smallest absolute Gasteiger partial charge is 0.274 e. The fourth-order valence-corrected chi connectivity index (χ4v) is 5.41. The van der Waals surface area contributed by atoms with Crippen molar-refractivity contribution in [3.05, 3.63) is 57.9 Å². The number of fused-ring (bicyclic) bond motifs is 1. The number of amides is 2. The molecule has 1 saturated heterocycles. The minimum absolute atomic E-state index is 0.00355. The predicted octanol–water partition coefficient (Wildman–Crippen LogP) is 3.93. The summed E-state index contributed by atoms with van der Waals surface area (Å²) in [5.74, 6) is -0.112. The largest absolute Gasteiger partial charge is 0.337 e. The Morgan fingerprint density at radius 1 is 1.12 bits per heavy atom. The first-order chi connectivity index (χ1) is 15.5. The minimum Gasteiger partial charge on any atom is -0.337 e. The first kappa shape index (κ1) is 20.9. The molecule has 1 aromatic carbocycles. The number of aromatic nitrogens is 3. The van der Waals surface area contributed by atoms with Gasteiger partial charge in [0, 0.05) is 35.6 Å². The van der Waals surface area contributed by atoms with Gasteiger partial charge in [-0.05, 0) is 57.6 Å². The minimum atomic E-state index is -0.0986. The van der Waals surface area contributed by atoms with Crippen molar-refractivity contribution < 1.29 is 9.59 Å². The summed E-state index contributed by atoms with van der Waals surface area (Å²) in [5, 5.41) is 10.3. The van der Waals surface area contributed by atoms with Gasteiger partial charge in [0.1, 0.15) is 0 Å². The van der Waals surface area contributed by atoms with Crippen LogP contribution in [-0.2, 0) is 17.6 Å². The highest BCUT2D eigenvalue weighted by Gasteiger charge is 2.33. The molecule has 2 aliphatic rings. The van der Waals surface area contributed by atoms with Crippen molar-refractivity contribution in [3.8, 4) is 5.69 Å². The lowest BCUT2D eigenvalue weighted by Gasteiger charge is -2.30. The highest BCUT2D eigenvalue weighted by atomic mass is 32.1. The molecular formula is C24H27N5O2S. The maximum atomic E-state index is 13.4. The number of nitrogens with one attached hydrogen (secondary N) is 1. The number of para-hydroxylation sites is 1. The van der Waals surface area contributed by atoms with E-state index in [1.54, 1.807) is 0 Å². The van der Waals surface area contributed by atoms with Crippen LogP contribution in [0.4, 0.5) is 5.13 Å². The molecule has 1 aliphatic heterocycles. The maximum Gasteiger partial charge on any atom is 0.274 e. The van der Waals surface area contributed by atoms with Gasteiger partial charge in [0.2, 0.25) is 5.91 Å². The van der Waals surface area contributed by atoms with Gasteiger partial charge >= 0.3 is 0 Å². The van der Waals surface area contributed by atoms with E-state index in [9.17, 15) is 9.59 Å². The molecule has 8 heteroatoms. The van der Waals surface area contributed by atoms with Gasteiger partial charge in [0.25, 0.3) is 5.91 Å². The van der Waals surface area contributed by atoms with Crippen molar-refractivity contribution in [3.63, 3.8) is 0 Å². The molecule has 1 aliphatic carbocycles. The number of rotatable bonds is 4. The predicted molar refractivity (Wildman–Crippen MR) is 124 cm³/mol. The molecule has 0 spiro atoms. The fourth-order valence-electron chi connectivity index (χ4n) is 4.72. The molecule has 5 rings (SSSR count). The van der Waals surface area contributed by atoms with E-state index in [-0.39, 0.29) is 17.7 Å². The van der Waals surface area contributed by atoms with Crippen molar-refractivity contribution in [2.24, 2.45) is 5.92 Å². The zero-order chi connectivity index (χ0) is 22.2. The number of anilines is 1. The number of carbonyl (C=O) groups is 2. The van der Waals surface area contributed by atoms with Gasteiger partial charge < -0.3 is 10.2 Å². The zero-order valence-corrected chi connectivity index (χ0v) is 19.2. The lowest BCUT2D eigenvalue weighted by atomic mass is 9.95. The molecular weight excluding hydrogens is 422 g/mol. The van der Waals surface area contributed by atoms with Crippen LogP contribution in [0.1, 0.15) is 52.3 Å². The molecule has 166 valence electrons. The molecule has 1 fully saturated rings. The van der Waals surface area contributed by atoms with Crippen LogP contribution in [0.25, 0.3) is 5.69 Å². The Labute approximate surface area is 191 Å². The van der Waals surface area contributed by atoms with E-state index in [4.69, 9.17) is 5.10 Å². The second-order valence-electron chi connectivity index (χ2n) is 8.68. The Morgan fingerprint density at radius 3 is 2.62 bits per heavy atom. The van der Waals surface area contributed by atoms with E-state index in [2.05, 4.69) is 29.4 Å². The third-order valence-corrected chi connectivity index (χ3v) is 7.35. The quantitative estimate of drug-likeness (QED) is 0.655. The third kappa shape index (κ3) is 3.83. The second kappa shape index (κ2) is 8.50. The topological polar surface area (TPSA) is 80.1 Å². The number of piperidine rings is 1. The second-order valence-corrected chi connectivity index (χ2v) is 9.53. The average Bonchev–Trinajstić information content (AvgIpc) is 3.51. The van der Waals surface area contributed by atoms with Crippen LogP contribution in [0.3, 0.4) is 0 Å². The first-order valence-electron chi connectivity index (χ1n) is 11.2. The van der Waals surface area contributed by atoms with Crippen molar-refractivity contribution >= 4 is 28.3 Å². The molecule has 3 aromatic rings. The highest BCUT2D eigenvalue weighted by Crippen LogP contribution is 2.30. The summed E-state index contributed by atoms with van der Waals surface area (Å²) in [7, 11) is 0. The number of nitrogens with zero attached hydrogens (tertiary/aromatic N) is 4. The molecule has 2 amide bonds. The summed E-state index contributed by atoms with van der Waals surface area (Å²) in [6, 6.07) is 8.16. The fraction of sp³-hybridized carbons (Fsp3) is 0.417. The van der Waals surface area contributed by atoms with Gasteiger partial charge in [-0.25, -0.2) is 9.67 Å². The van der Waals surface area contributed by atoms with Crippen molar-refractivity contribution in [2.45, 2.75) is 46.0 Å². The Hall–Kier alpha value is -3.00. The van der Waals surface area contributed by atoms with E-state index < -0.39 is 0 Å². The molecule has 0 radical (unpaired) electrons. The third-order valence-electron chi connectivity index (χ3n) is 6.48. The summed E-state index contributed by atoms with van der Waals surface area (Å²) in [6.45, 7) is 5.12. The summed E-state index contributed by atoms with van der Waals surface area (Å²) < 4.78 is 1.97. The number of carbonyl (C=O) groups excluding carboxylic acids is 2. The summed E-state index contributed by atoms with van der Waals surface area (Å²) >= 11 is 1.44. The van der Waals surface area contributed by atoms with Crippen LogP contribution in [0.2, 0.25) is 0 Å². The van der Waals surface area contributed by atoms with Gasteiger partial charge in [-0.2, -0.15) is 5.10 Å². The van der Waals surface area contributed by atoms with Gasteiger partial charge in [-0.1, -0.05) is 18.2 Å². The normalized spacial score (nSPS) is 16.2. The molecule has 7 nitrogen and oxygen atoms in total. The zero-order valence-electron chi connectivity index (χ0n) is 18.4. The monoisotopic (exact) mass is 449 g/mol. The first-order valence-corrected chi connectivity index (χ1v) is 12.1. The lowest BCUT2D eigenvalue weighted by Crippen LogP contribution is -2.41. The van der Waals surface area contributed by atoms with E-state index in [0.29, 0.717) is 36.8 Å². The van der Waals surface area contributed by atoms with Gasteiger partial charge in [-0.15, -0.1) is 11.3 Å². The molecule has 0 atom stereocenters. The number of hydrogen-bond donors (Lipinski definition) is 1. The Bertz CT molecular complexity index is 1170.